The predicted molar refractivity (Wildman–Crippen MR) is 67.7 cm³/mol. The van der Waals surface area contributed by atoms with Gasteiger partial charge in [-0.2, -0.15) is 0 Å². The van der Waals surface area contributed by atoms with Crippen LogP contribution in [0.3, 0.4) is 0 Å². The Bertz CT molecular complexity index is 336. The van der Waals surface area contributed by atoms with Gasteiger partial charge in [-0.05, 0) is 36.7 Å². The van der Waals surface area contributed by atoms with Crippen molar-refractivity contribution in [3.05, 3.63) is 46.5 Å². The molecule has 0 aromatic heterocycles. The third-order valence-corrected chi connectivity index (χ3v) is 2.72. The van der Waals surface area contributed by atoms with Crippen LogP contribution < -0.4 is 5.32 Å². The minimum Gasteiger partial charge on any atom is -0.307 e. The lowest BCUT2D eigenvalue weighted by atomic mass is 10.1. The van der Waals surface area contributed by atoms with E-state index in [1.165, 1.54) is 0 Å². The zero-order valence-electron chi connectivity index (χ0n) is 8.76. The fourth-order valence-electron chi connectivity index (χ4n) is 1.37. The predicted octanol–water partition coefficient (Wildman–Crippen LogP) is 4.22. The Labute approximate surface area is 101 Å². The highest BCUT2D eigenvalue weighted by molar-refractivity contribution is 6.33. The van der Waals surface area contributed by atoms with E-state index in [1.54, 1.807) is 6.07 Å². The van der Waals surface area contributed by atoms with Crippen molar-refractivity contribution in [3.63, 3.8) is 0 Å². The molecule has 0 aliphatic carbocycles. The van der Waals surface area contributed by atoms with E-state index in [-0.39, 0.29) is 6.04 Å². The molecule has 15 heavy (non-hydrogen) atoms. The van der Waals surface area contributed by atoms with Gasteiger partial charge in [0, 0.05) is 10.0 Å². The summed E-state index contributed by atoms with van der Waals surface area (Å²) in [5.41, 5.74) is 0.979. The third-order valence-electron chi connectivity index (χ3n) is 2.14. The fraction of sp³-hybridized carbons (Fsp3) is 0.333. The Morgan fingerprint density at radius 1 is 1.47 bits per heavy atom. The molecule has 1 atom stereocenters. The first-order valence-electron chi connectivity index (χ1n) is 5.00. The molecule has 0 radical (unpaired) electrons. The molecule has 0 aliphatic rings. The van der Waals surface area contributed by atoms with Crippen molar-refractivity contribution in [2.24, 2.45) is 0 Å². The molecular weight excluding hydrogens is 229 g/mol. The Kier molecular flexibility index (Phi) is 5.16. The highest BCUT2D eigenvalue weighted by Crippen LogP contribution is 2.26. The summed E-state index contributed by atoms with van der Waals surface area (Å²) in [6.07, 6.45) is 2.91. The Balaban J connectivity index is 2.90. The number of benzene rings is 1. The Hall–Kier alpha value is -0.500. The second kappa shape index (κ2) is 6.16. The summed E-state index contributed by atoms with van der Waals surface area (Å²) in [5.74, 6) is 0. The highest BCUT2D eigenvalue weighted by Gasteiger charge is 2.10. The van der Waals surface area contributed by atoms with Gasteiger partial charge in [-0.3, -0.25) is 0 Å². The van der Waals surface area contributed by atoms with E-state index >= 15 is 0 Å². The van der Waals surface area contributed by atoms with Crippen LogP contribution >= 0.6 is 23.2 Å². The van der Waals surface area contributed by atoms with Crippen LogP contribution in [0.15, 0.2) is 30.9 Å². The van der Waals surface area contributed by atoms with E-state index in [0.29, 0.717) is 10.0 Å². The molecule has 1 aromatic carbocycles. The molecule has 0 fully saturated rings. The topological polar surface area (TPSA) is 12.0 Å². The van der Waals surface area contributed by atoms with E-state index in [9.17, 15) is 0 Å². The number of rotatable bonds is 5. The van der Waals surface area contributed by atoms with Crippen molar-refractivity contribution in [2.45, 2.75) is 19.4 Å². The summed E-state index contributed by atoms with van der Waals surface area (Å²) < 4.78 is 0. The normalized spacial score (nSPS) is 12.5. The maximum atomic E-state index is 6.10. The second-order valence-electron chi connectivity index (χ2n) is 3.33. The van der Waals surface area contributed by atoms with Crippen molar-refractivity contribution in [1.82, 2.24) is 5.32 Å². The van der Waals surface area contributed by atoms with Gasteiger partial charge < -0.3 is 5.32 Å². The molecule has 0 spiro atoms. The maximum Gasteiger partial charge on any atom is 0.0519 e. The standard InChI is InChI=1S/C12H15Cl2N/c1-3-7-15-12(4-2)10-8-9(13)5-6-11(10)14/h4-6,8,12,15H,2-3,7H2,1H3. The molecule has 0 heterocycles. The van der Waals surface area contributed by atoms with Gasteiger partial charge in [0.1, 0.15) is 0 Å². The monoisotopic (exact) mass is 243 g/mol. The van der Waals surface area contributed by atoms with Crippen molar-refractivity contribution in [3.8, 4) is 0 Å². The first-order valence-corrected chi connectivity index (χ1v) is 5.75. The number of halogens is 2. The van der Waals surface area contributed by atoms with E-state index in [1.807, 2.05) is 18.2 Å². The molecule has 1 N–H and O–H groups in total. The van der Waals surface area contributed by atoms with Gasteiger partial charge in [-0.1, -0.05) is 36.2 Å². The van der Waals surface area contributed by atoms with Crippen LogP contribution in [0.25, 0.3) is 0 Å². The minimum atomic E-state index is 0.0659. The smallest absolute Gasteiger partial charge is 0.0519 e. The molecular formula is C12H15Cl2N. The van der Waals surface area contributed by atoms with Crippen LogP contribution in [0.4, 0.5) is 0 Å². The Morgan fingerprint density at radius 3 is 2.80 bits per heavy atom. The summed E-state index contributed by atoms with van der Waals surface area (Å²) in [4.78, 5) is 0. The Morgan fingerprint density at radius 2 is 2.20 bits per heavy atom. The maximum absolute atomic E-state index is 6.10. The van der Waals surface area contributed by atoms with Crippen molar-refractivity contribution in [2.75, 3.05) is 6.54 Å². The number of hydrogen-bond donors (Lipinski definition) is 1. The van der Waals surface area contributed by atoms with Crippen LogP contribution in [0.1, 0.15) is 24.9 Å². The quantitative estimate of drug-likeness (QED) is 0.764. The van der Waals surface area contributed by atoms with Crippen LogP contribution in [0.2, 0.25) is 10.0 Å². The summed E-state index contributed by atoms with van der Waals surface area (Å²) in [6.45, 7) is 6.84. The minimum absolute atomic E-state index is 0.0659. The highest BCUT2D eigenvalue weighted by atomic mass is 35.5. The lowest BCUT2D eigenvalue weighted by Gasteiger charge is -2.16. The zero-order valence-corrected chi connectivity index (χ0v) is 10.3. The average molecular weight is 244 g/mol. The molecule has 0 bridgehead atoms. The van der Waals surface area contributed by atoms with Gasteiger partial charge in [0.15, 0.2) is 0 Å². The van der Waals surface area contributed by atoms with Gasteiger partial charge >= 0.3 is 0 Å². The van der Waals surface area contributed by atoms with Crippen LogP contribution in [-0.4, -0.2) is 6.54 Å². The first kappa shape index (κ1) is 12.6. The largest absolute Gasteiger partial charge is 0.307 e. The summed E-state index contributed by atoms with van der Waals surface area (Å²) in [5, 5.41) is 4.75. The van der Waals surface area contributed by atoms with E-state index < -0.39 is 0 Å². The molecule has 1 rings (SSSR count). The van der Waals surface area contributed by atoms with Crippen molar-refractivity contribution in [1.29, 1.82) is 0 Å². The zero-order chi connectivity index (χ0) is 11.3. The molecule has 0 saturated carbocycles. The van der Waals surface area contributed by atoms with Gasteiger partial charge in [0.25, 0.3) is 0 Å². The second-order valence-corrected chi connectivity index (χ2v) is 4.18. The first-order chi connectivity index (χ1) is 7.19. The molecule has 82 valence electrons. The van der Waals surface area contributed by atoms with E-state index in [4.69, 9.17) is 23.2 Å². The number of hydrogen-bond acceptors (Lipinski definition) is 1. The van der Waals surface area contributed by atoms with Gasteiger partial charge in [0.05, 0.1) is 6.04 Å². The SMILES string of the molecule is C=CC(NCCC)c1cc(Cl)ccc1Cl. The van der Waals surface area contributed by atoms with Crippen LogP contribution in [-0.2, 0) is 0 Å². The van der Waals surface area contributed by atoms with E-state index in [2.05, 4.69) is 18.8 Å². The molecule has 0 saturated heterocycles. The summed E-state index contributed by atoms with van der Waals surface area (Å²) in [7, 11) is 0. The molecule has 1 unspecified atom stereocenters. The average Bonchev–Trinajstić information content (AvgIpc) is 2.24. The molecule has 0 amide bonds. The molecule has 3 heteroatoms. The molecule has 0 aliphatic heterocycles. The van der Waals surface area contributed by atoms with Crippen LogP contribution in [0.5, 0.6) is 0 Å². The molecule has 1 nitrogen and oxygen atoms in total. The molecule has 1 aromatic rings. The summed E-state index contributed by atoms with van der Waals surface area (Å²) >= 11 is 12.0. The fourth-order valence-corrected chi connectivity index (χ4v) is 1.79. The lowest BCUT2D eigenvalue weighted by Crippen LogP contribution is -2.20. The van der Waals surface area contributed by atoms with Crippen LogP contribution in [0, 0.1) is 0 Å². The number of nitrogens with one attached hydrogen (secondary N) is 1. The van der Waals surface area contributed by atoms with Crippen molar-refractivity contribution < 1.29 is 0 Å². The van der Waals surface area contributed by atoms with E-state index in [0.717, 1.165) is 18.5 Å². The third kappa shape index (κ3) is 3.53. The van der Waals surface area contributed by atoms with Gasteiger partial charge in [-0.25, -0.2) is 0 Å². The van der Waals surface area contributed by atoms with Gasteiger partial charge in [-0.15, -0.1) is 6.58 Å². The van der Waals surface area contributed by atoms with Gasteiger partial charge in [0.2, 0.25) is 0 Å². The summed E-state index contributed by atoms with van der Waals surface area (Å²) in [6, 6.07) is 5.53. The van der Waals surface area contributed by atoms with Crippen molar-refractivity contribution >= 4 is 23.2 Å². The lowest BCUT2D eigenvalue weighted by molar-refractivity contribution is 0.614.